The van der Waals surface area contributed by atoms with Gasteiger partial charge < -0.3 is 4.42 Å². The van der Waals surface area contributed by atoms with Gasteiger partial charge in [0.15, 0.2) is 0 Å². The van der Waals surface area contributed by atoms with Crippen molar-refractivity contribution in [1.29, 1.82) is 0 Å². The van der Waals surface area contributed by atoms with Gasteiger partial charge in [-0.1, -0.05) is 36.8 Å². The van der Waals surface area contributed by atoms with E-state index in [0.717, 1.165) is 23.1 Å². The monoisotopic (exact) mass is 357 g/mol. The van der Waals surface area contributed by atoms with E-state index in [4.69, 9.17) is 4.42 Å². The number of rotatable bonds is 6. The van der Waals surface area contributed by atoms with Crippen molar-refractivity contribution in [2.75, 3.05) is 0 Å². The van der Waals surface area contributed by atoms with Gasteiger partial charge in [0, 0.05) is 5.56 Å². The molecule has 0 aliphatic rings. The topological polar surface area (TPSA) is 85.1 Å². The average Bonchev–Trinajstić information content (AvgIpc) is 3.10. The molecule has 3 aromatic rings. The van der Waals surface area contributed by atoms with Crippen molar-refractivity contribution in [1.82, 2.24) is 14.9 Å². The average molecular weight is 357 g/mol. The van der Waals surface area contributed by atoms with E-state index in [0.29, 0.717) is 5.89 Å². The number of nitrogens with one attached hydrogen (secondary N) is 1. The first-order valence-corrected chi connectivity index (χ1v) is 9.44. The summed E-state index contributed by atoms with van der Waals surface area (Å²) in [6.07, 6.45) is 0.859. The van der Waals surface area contributed by atoms with Crippen LogP contribution < -0.4 is 4.72 Å². The van der Waals surface area contributed by atoms with Gasteiger partial charge in [-0.15, -0.1) is 10.2 Å². The second-order valence-electron chi connectivity index (χ2n) is 5.69. The second kappa shape index (κ2) is 7.16. The van der Waals surface area contributed by atoms with Crippen LogP contribution >= 0.6 is 0 Å². The minimum Gasteiger partial charge on any atom is -0.419 e. The third-order valence-corrected chi connectivity index (χ3v) is 5.24. The smallest absolute Gasteiger partial charge is 0.247 e. The molecule has 25 heavy (non-hydrogen) atoms. The van der Waals surface area contributed by atoms with Gasteiger partial charge in [-0.05, 0) is 43.2 Å². The zero-order chi connectivity index (χ0) is 17.9. The Morgan fingerprint density at radius 1 is 1.00 bits per heavy atom. The lowest BCUT2D eigenvalue weighted by molar-refractivity contribution is 0.494. The third kappa shape index (κ3) is 4.12. The van der Waals surface area contributed by atoms with Crippen LogP contribution in [0.2, 0.25) is 0 Å². The Morgan fingerprint density at radius 3 is 2.32 bits per heavy atom. The lowest BCUT2D eigenvalue weighted by Gasteiger charge is -2.05. The summed E-state index contributed by atoms with van der Waals surface area (Å²) in [6, 6.07) is 14.4. The van der Waals surface area contributed by atoms with Crippen LogP contribution in [0.4, 0.5) is 0 Å². The normalized spacial score (nSPS) is 11.6. The summed E-state index contributed by atoms with van der Waals surface area (Å²) in [4.78, 5) is 0.211. The van der Waals surface area contributed by atoms with Crippen molar-refractivity contribution < 1.29 is 12.8 Å². The van der Waals surface area contributed by atoms with E-state index in [-0.39, 0.29) is 17.3 Å². The summed E-state index contributed by atoms with van der Waals surface area (Å²) in [6.45, 7) is 3.95. The molecule has 0 fully saturated rings. The fourth-order valence-electron chi connectivity index (χ4n) is 2.28. The predicted octanol–water partition coefficient (Wildman–Crippen LogP) is 3.09. The molecule has 0 atom stereocenters. The molecule has 0 aliphatic carbocycles. The molecule has 0 aliphatic heterocycles. The maximum absolute atomic E-state index is 12.3. The summed E-state index contributed by atoms with van der Waals surface area (Å²) in [5.74, 6) is 0.575. The lowest BCUT2D eigenvalue weighted by Crippen LogP contribution is -2.23. The lowest BCUT2D eigenvalue weighted by atomic mass is 10.1. The Balaban J connectivity index is 1.69. The Labute approximate surface area is 147 Å². The summed E-state index contributed by atoms with van der Waals surface area (Å²) in [5.41, 5.74) is 3.01. The largest absolute Gasteiger partial charge is 0.419 e. The maximum atomic E-state index is 12.3. The summed E-state index contributed by atoms with van der Waals surface area (Å²) in [5, 5.41) is 7.86. The number of aryl methyl sites for hydroxylation is 2. The number of nitrogens with zero attached hydrogens (tertiary/aromatic N) is 2. The first-order chi connectivity index (χ1) is 12.0. The first kappa shape index (κ1) is 17.3. The van der Waals surface area contributed by atoms with Crippen LogP contribution in [0.25, 0.3) is 11.5 Å². The molecule has 0 saturated heterocycles. The van der Waals surface area contributed by atoms with E-state index in [1.807, 2.05) is 38.1 Å². The zero-order valence-electron chi connectivity index (χ0n) is 14.1. The van der Waals surface area contributed by atoms with Gasteiger partial charge in [0.2, 0.25) is 21.8 Å². The molecular weight excluding hydrogens is 338 g/mol. The van der Waals surface area contributed by atoms with E-state index >= 15 is 0 Å². The molecule has 3 rings (SSSR count). The Morgan fingerprint density at radius 2 is 1.68 bits per heavy atom. The first-order valence-electron chi connectivity index (χ1n) is 7.96. The molecular formula is C18H19N3O3S. The SMILES string of the molecule is CCc1ccc(S(=O)(=O)NCc2nnc(-c3ccc(C)cc3)o2)cc1. The zero-order valence-corrected chi connectivity index (χ0v) is 14.9. The molecule has 2 aromatic carbocycles. The quantitative estimate of drug-likeness (QED) is 0.733. The fraction of sp³-hybridized carbons (Fsp3) is 0.222. The molecule has 7 heteroatoms. The van der Waals surface area contributed by atoms with Gasteiger partial charge in [-0.2, -0.15) is 0 Å². The molecule has 1 heterocycles. The van der Waals surface area contributed by atoms with Crippen LogP contribution in [0.1, 0.15) is 23.9 Å². The molecule has 0 bridgehead atoms. The molecule has 0 unspecified atom stereocenters. The highest BCUT2D eigenvalue weighted by atomic mass is 32.2. The van der Waals surface area contributed by atoms with Crippen molar-refractivity contribution in [2.24, 2.45) is 0 Å². The van der Waals surface area contributed by atoms with Crippen molar-refractivity contribution >= 4 is 10.0 Å². The summed E-state index contributed by atoms with van der Waals surface area (Å²) >= 11 is 0. The van der Waals surface area contributed by atoms with E-state index in [9.17, 15) is 8.42 Å². The minimum atomic E-state index is -3.62. The third-order valence-electron chi connectivity index (χ3n) is 3.82. The number of hydrogen-bond acceptors (Lipinski definition) is 5. The minimum absolute atomic E-state index is 0.0588. The Hall–Kier alpha value is -2.51. The molecule has 0 amide bonds. The van der Waals surface area contributed by atoms with Gasteiger partial charge in [-0.3, -0.25) is 0 Å². The van der Waals surface area contributed by atoms with E-state index in [1.54, 1.807) is 24.3 Å². The van der Waals surface area contributed by atoms with Gasteiger partial charge in [-0.25, -0.2) is 13.1 Å². The fourth-order valence-corrected chi connectivity index (χ4v) is 3.26. The van der Waals surface area contributed by atoms with Crippen LogP contribution in [-0.4, -0.2) is 18.6 Å². The highest BCUT2D eigenvalue weighted by Gasteiger charge is 2.16. The maximum Gasteiger partial charge on any atom is 0.247 e. The number of sulfonamides is 1. The van der Waals surface area contributed by atoms with E-state index < -0.39 is 10.0 Å². The van der Waals surface area contributed by atoms with Crippen molar-refractivity contribution in [3.05, 3.63) is 65.5 Å². The Bertz CT molecular complexity index is 946. The van der Waals surface area contributed by atoms with Gasteiger partial charge in [0.1, 0.15) is 0 Å². The molecule has 1 aromatic heterocycles. The molecule has 0 spiro atoms. The second-order valence-corrected chi connectivity index (χ2v) is 7.46. The summed E-state index contributed by atoms with van der Waals surface area (Å²) in [7, 11) is -3.62. The van der Waals surface area contributed by atoms with Crippen LogP contribution in [0.15, 0.2) is 57.8 Å². The van der Waals surface area contributed by atoms with Crippen LogP contribution in [0.3, 0.4) is 0 Å². The molecule has 6 nitrogen and oxygen atoms in total. The molecule has 1 N–H and O–H groups in total. The number of benzene rings is 2. The molecule has 0 radical (unpaired) electrons. The number of hydrogen-bond donors (Lipinski definition) is 1. The number of aromatic nitrogens is 2. The van der Waals surface area contributed by atoms with Crippen molar-refractivity contribution in [2.45, 2.75) is 31.7 Å². The highest BCUT2D eigenvalue weighted by molar-refractivity contribution is 7.89. The Kier molecular flexibility index (Phi) is 4.96. The van der Waals surface area contributed by atoms with Crippen LogP contribution in [0.5, 0.6) is 0 Å². The van der Waals surface area contributed by atoms with Gasteiger partial charge in [0.05, 0.1) is 11.4 Å². The van der Waals surface area contributed by atoms with Crippen LogP contribution in [0, 0.1) is 6.92 Å². The molecule has 130 valence electrons. The van der Waals surface area contributed by atoms with Gasteiger partial charge >= 0.3 is 0 Å². The van der Waals surface area contributed by atoms with Crippen LogP contribution in [-0.2, 0) is 23.0 Å². The van der Waals surface area contributed by atoms with Crippen molar-refractivity contribution in [3.63, 3.8) is 0 Å². The van der Waals surface area contributed by atoms with Gasteiger partial charge in [0.25, 0.3) is 0 Å². The summed E-state index contributed by atoms with van der Waals surface area (Å²) < 4.78 is 32.6. The highest BCUT2D eigenvalue weighted by Crippen LogP contribution is 2.18. The molecule has 0 saturated carbocycles. The predicted molar refractivity (Wildman–Crippen MR) is 94.3 cm³/mol. The van der Waals surface area contributed by atoms with E-state index in [2.05, 4.69) is 14.9 Å². The van der Waals surface area contributed by atoms with Crippen molar-refractivity contribution in [3.8, 4) is 11.5 Å². The van der Waals surface area contributed by atoms with E-state index in [1.165, 1.54) is 0 Å². The standard InChI is InChI=1S/C18H19N3O3S/c1-3-14-6-10-16(11-7-14)25(22,23)19-12-17-20-21-18(24-17)15-8-4-13(2)5-9-15/h4-11,19H,3,12H2,1-2H3.